The summed E-state index contributed by atoms with van der Waals surface area (Å²) in [5, 5.41) is 22.3. The van der Waals surface area contributed by atoms with Gasteiger partial charge >= 0.3 is 0 Å². The molecule has 0 aromatic carbocycles. The Hall–Kier alpha value is -2.16. The molecule has 20 heavy (non-hydrogen) atoms. The van der Waals surface area contributed by atoms with E-state index < -0.39 is 5.41 Å². The monoisotopic (exact) mass is 282 g/mol. The highest BCUT2D eigenvalue weighted by Crippen LogP contribution is 2.31. The van der Waals surface area contributed by atoms with Crippen LogP contribution in [0.4, 0.5) is 0 Å². The van der Waals surface area contributed by atoms with Crippen molar-refractivity contribution in [2.24, 2.45) is 23.4 Å². The van der Waals surface area contributed by atoms with Crippen LogP contribution in [0.5, 0.6) is 0 Å². The fourth-order valence-corrected chi connectivity index (χ4v) is 2.21. The van der Waals surface area contributed by atoms with Crippen LogP contribution in [0.15, 0.2) is 11.5 Å². The maximum absolute atomic E-state index is 12.4. The molecule has 1 fully saturated rings. The molecule has 0 saturated carbocycles. The van der Waals surface area contributed by atoms with Crippen LogP contribution in [-0.4, -0.2) is 44.9 Å². The quantitative estimate of drug-likeness (QED) is 0.280. The van der Waals surface area contributed by atoms with Gasteiger partial charge in [0.1, 0.15) is 11.7 Å². The summed E-state index contributed by atoms with van der Waals surface area (Å²) in [6.07, 6.45) is 2.32. The van der Waals surface area contributed by atoms with Gasteiger partial charge in [-0.2, -0.15) is 0 Å². The van der Waals surface area contributed by atoms with Crippen LogP contribution in [0.3, 0.4) is 0 Å². The molecule has 1 aromatic heterocycles. The number of carbonyl (C=O) groups excluding carboxylic acids is 1. The van der Waals surface area contributed by atoms with E-state index in [0.29, 0.717) is 31.9 Å². The third-order valence-corrected chi connectivity index (χ3v) is 3.59. The molecule has 2 heterocycles. The Balaban J connectivity index is 2.09. The Morgan fingerprint density at radius 1 is 1.65 bits per heavy atom. The summed E-state index contributed by atoms with van der Waals surface area (Å²) in [4.78, 5) is 12.4. The van der Waals surface area contributed by atoms with E-state index in [1.54, 1.807) is 17.9 Å². The number of nitrogens with one attached hydrogen (secondary N) is 1. The number of nitrogens with zero attached hydrogens (tertiary/aromatic N) is 4. The van der Waals surface area contributed by atoms with Crippen LogP contribution in [0.2, 0.25) is 0 Å². The lowest BCUT2D eigenvalue weighted by Crippen LogP contribution is -2.52. The lowest BCUT2D eigenvalue weighted by Gasteiger charge is -2.34. The Morgan fingerprint density at radius 3 is 2.90 bits per heavy atom. The van der Waals surface area contributed by atoms with E-state index in [1.165, 1.54) is 0 Å². The predicted octanol–water partition coefficient (Wildman–Crippen LogP) is -1.03. The zero-order valence-corrected chi connectivity index (χ0v) is 11.2. The highest BCUT2D eigenvalue weighted by molar-refractivity contribution is 6.06. The Bertz CT molecular complexity index is 506. The summed E-state index contributed by atoms with van der Waals surface area (Å²) in [7, 11) is 1.79. The molecule has 0 bridgehead atoms. The van der Waals surface area contributed by atoms with Crippen LogP contribution in [0, 0.1) is 5.41 Å². The van der Waals surface area contributed by atoms with Crippen molar-refractivity contribution in [3.05, 3.63) is 12.2 Å². The highest BCUT2D eigenvalue weighted by atomic mass is 16.5. The zero-order valence-electron chi connectivity index (χ0n) is 11.2. The predicted molar refractivity (Wildman–Crippen MR) is 68.7 cm³/mol. The number of hydrogen-bond acceptors (Lipinski definition) is 6. The van der Waals surface area contributed by atoms with E-state index in [1.807, 2.05) is 0 Å². The smallest absolute Gasteiger partial charge is 0.234 e. The molecule has 0 unspecified atom stereocenters. The maximum atomic E-state index is 12.4. The normalized spacial score (nSPS) is 18.8. The van der Waals surface area contributed by atoms with Gasteiger partial charge < -0.3 is 25.6 Å². The van der Waals surface area contributed by atoms with Crippen molar-refractivity contribution in [1.82, 2.24) is 20.1 Å². The van der Waals surface area contributed by atoms with E-state index in [9.17, 15) is 4.79 Å². The maximum Gasteiger partial charge on any atom is 0.234 e. The number of oxime groups is 1. The summed E-state index contributed by atoms with van der Waals surface area (Å²) in [5.41, 5.74) is 4.69. The number of carbonyl (C=O) groups is 1. The first kappa shape index (κ1) is 14.3. The molecule has 9 heteroatoms. The summed E-state index contributed by atoms with van der Waals surface area (Å²) < 4.78 is 6.95. The Morgan fingerprint density at radius 2 is 2.35 bits per heavy atom. The standard InChI is InChI=1S/C11H18N6O3/c1-17-7-14-15-8(17)6-13-10(18)11(9(12)16-19)2-4-20-5-3-11/h7,19H,2-6H2,1H3,(H2,12,16)(H,13,18). The minimum Gasteiger partial charge on any atom is -0.409 e. The van der Waals surface area contributed by atoms with Crippen LogP contribution in [0.1, 0.15) is 18.7 Å². The summed E-state index contributed by atoms with van der Waals surface area (Å²) in [6, 6.07) is 0. The summed E-state index contributed by atoms with van der Waals surface area (Å²) in [5.74, 6) is 0.246. The molecule has 0 radical (unpaired) electrons. The third kappa shape index (κ3) is 2.57. The molecule has 1 aliphatic heterocycles. The number of aromatic nitrogens is 3. The van der Waals surface area contributed by atoms with Crippen molar-refractivity contribution in [3.63, 3.8) is 0 Å². The van der Waals surface area contributed by atoms with E-state index in [-0.39, 0.29) is 18.3 Å². The highest BCUT2D eigenvalue weighted by Gasteiger charge is 2.44. The third-order valence-electron chi connectivity index (χ3n) is 3.59. The molecule has 2 rings (SSSR count). The van der Waals surface area contributed by atoms with Gasteiger partial charge in [-0.15, -0.1) is 10.2 Å². The molecular formula is C11H18N6O3. The van der Waals surface area contributed by atoms with Crippen molar-refractivity contribution in [3.8, 4) is 0 Å². The second-order valence-electron chi connectivity index (χ2n) is 4.72. The van der Waals surface area contributed by atoms with Crippen LogP contribution in [-0.2, 0) is 23.1 Å². The van der Waals surface area contributed by atoms with Crippen LogP contribution in [0.25, 0.3) is 0 Å². The van der Waals surface area contributed by atoms with Gasteiger partial charge in [0.2, 0.25) is 5.91 Å². The van der Waals surface area contributed by atoms with Gasteiger partial charge in [-0.1, -0.05) is 5.16 Å². The second-order valence-corrected chi connectivity index (χ2v) is 4.72. The molecule has 4 N–H and O–H groups in total. The first-order valence-electron chi connectivity index (χ1n) is 6.27. The lowest BCUT2D eigenvalue weighted by atomic mass is 9.78. The summed E-state index contributed by atoms with van der Waals surface area (Å²) in [6.45, 7) is 1.03. The van der Waals surface area contributed by atoms with Gasteiger partial charge in [-0.25, -0.2) is 0 Å². The SMILES string of the molecule is Cn1cnnc1CNC(=O)C1(C(N)=NO)CCOCC1. The number of rotatable bonds is 4. The van der Waals surface area contributed by atoms with Crippen molar-refractivity contribution in [2.75, 3.05) is 13.2 Å². The average Bonchev–Trinajstić information content (AvgIpc) is 2.89. The van der Waals surface area contributed by atoms with Crippen molar-refractivity contribution in [2.45, 2.75) is 19.4 Å². The fraction of sp³-hybridized carbons (Fsp3) is 0.636. The molecule has 0 atom stereocenters. The number of ether oxygens (including phenoxy) is 1. The molecule has 0 aliphatic carbocycles. The van der Waals surface area contributed by atoms with Crippen molar-refractivity contribution >= 4 is 11.7 Å². The molecule has 1 aromatic rings. The van der Waals surface area contributed by atoms with Crippen molar-refractivity contribution in [1.29, 1.82) is 0 Å². The number of amides is 1. The van der Waals surface area contributed by atoms with E-state index in [4.69, 9.17) is 15.7 Å². The molecule has 1 aliphatic rings. The van der Waals surface area contributed by atoms with Crippen LogP contribution >= 0.6 is 0 Å². The number of hydrogen-bond donors (Lipinski definition) is 3. The summed E-state index contributed by atoms with van der Waals surface area (Å²) >= 11 is 0. The minimum absolute atomic E-state index is 0.0868. The molecule has 1 saturated heterocycles. The average molecular weight is 282 g/mol. The topological polar surface area (TPSA) is 128 Å². The van der Waals surface area contributed by atoms with E-state index >= 15 is 0 Å². The van der Waals surface area contributed by atoms with E-state index in [0.717, 1.165) is 0 Å². The molecule has 9 nitrogen and oxygen atoms in total. The van der Waals surface area contributed by atoms with Gasteiger partial charge in [0.15, 0.2) is 11.7 Å². The zero-order chi connectivity index (χ0) is 14.6. The van der Waals surface area contributed by atoms with Gasteiger partial charge in [0, 0.05) is 20.3 Å². The molecule has 110 valence electrons. The Labute approximate surface area is 115 Å². The Kier molecular flexibility index (Phi) is 4.18. The second kappa shape index (κ2) is 5.87. The molecule has 1 amide bonds. The molecular weight excluding hydrogens is 264 g/mol. The number of nitrogens with two attached hydrogens (primary N) is 1. The molecule has 0 spiro atoms. The number of aryl methyl sites for hydroxylation is 1. The first-order valence-corrected chi connectivity index (χ1v) is 6.27. The van der Waals surface area contributed by atoms with Crippen LogP contribution < -0.4 is 11.1 Å². The lowest BCUT2D eigenvalue weighted by molar-refractivity contribution is -0.131. The first-order chi connectivity index (χ1) is 9.60. The number of amidine groups is 1. The minimum atomic E-state index is -1.02. The van der Waals surface area contributed by atoms with Gasteiger partial charge in [-0.3, -0.25) is 4.79 Å². The van der Waals surface area contributed by atoms with Gasteiger partial charge in [0.05, 0.1) is 6.54 Å². The van der Waals surface area contributed by atoms with Crippen molar-refractivity contribution < 1.29 is 14.7 Å². The van der Waals surface area contributed by atoms with Gasteiger partial charge in [0.25, 0.3) is 0 Å². The van der Waals surface area contributed by atoms with E-state index in [2.05, 4.69) is 20.7 Å². The van der Waals surface area contributed by atoms with Gasteiger partial charge in [-0.05, 0) is 12.8 Å². The largest absolute Gasteiger partial charge is 0.409 e. The fourth-order valence-electron chi connectivity index (χ4n) is 2.21.